The van der Waals surface area contributed by atoms with Crippen molar-refractivity contribution in [3.05, 3.63) is 42.0 Å². The van der Waals surface area contributed by atoms with E-state index in [1.165, 1.54) is 21.3 Å². The van der Waals surface area contributed by atoms with Crippen molar-refractivity contribution in [1.29, 1.82) is 0 Å². The van der Waals surface area contributed by atoms with Crippen LogP contribution in [0.4, 0.5) is 0 Å². The first kappa shape index (κ1) is 30.7. The molecule has 1 aromatic heterocycles. The second-order valence-corrected chi connectivity index (χ2v) is 9.96. The monoisotopic (exact) mass is 555 g/mol. The van der Waals surface area contributed by atoms with E-state index >= 15 is 0 Å². The number of amides is 2. The number of ether oxygens (including phenoxy) is 4. The van der Waals surface area contributed by atoms with E-state index in [9.17, 15) is 9.59 Å². The number of carbonyl (C=O) groups excluding carboxylic acids is 2. The van der Waals surface area contributed by atoms with Crippen molar-refractivity contribution < 1.29 is 28.5 Å². The summed E-state index contributed by atoms with van der Waals surface area (Å²) in [7, 11) is 4.54. The van der Waals surface area contributed by atoms with Crippen LogP contribution in [0.3, 0.4) is 0 Å². The fourth-order valence-corrected chi connectivity index (χ4v) is 4.35. The van der Waals surface area contributed by atoms with Gasteiger partial charge in [0.2, 0.25) is 17.6 Å². The number of aromatic nitrogens is 3. The Labute approximate surface area is 235 Å². The van der Waals surface area contributed by atoms with Gasteiger partial charge in [0.05, 0.1) is 26.8 Å². The lowest BCUT2D eigenvalue weighted by Gasteiger charge is -2.35. The average Bonchev–Trinajstić information content (AvgIpc) is 3.36. The van der Waals surface area contributed by atoms with Crippen molar-refractivity contribution >= 4 is 22.8 Å². The minimum Gasteiger partial charge on any atom is -0.493 e. The Bertz CT molecular complexity index is 1270. The topological polar surface area (TPSA) is 117 Å². The second kappa shape index (κ2) is 14.0. The van der Waals surface area contributed by atoms with Crippen LogP contribution in [-0.4, -0.2) is 78.3 Å². The molecule has 2 amide bonds. The molecule has 1 N–H and O–H groups in total. The molecule has 1 heterocycles. The Kier molecular flexibility index (Phi) is 10.7. The van der Waals surface area contributed by atoms with Gasteiger partial charge in [0.15, 0.2) is 11.5 Å². The zero-order chi connectivity index (χ0) is 29.3. The van der Waals surface area contributed by atoms with E-state index in [2.05, 4.69) is 15.6 Å². The second-order valence-electron chi connectivity index (χ2n) is 9.96. The SMILES string of the molecule is CCOCCCN(C(=O)Cn1nnc2ccccc21)C(C(=O)NC(C)(C)CC)c1cc(OC)c(OC)c(OC)c1. The maximum absolute atomic E-state index is 14.0. The van der Waals surface area contributed by atoms with Crippen molar-refractivity contribution in [1.82, 2.24) is 25.2 Å². The van der Waals surface area contributed by atoms with Crippen LogP contribution in [0, 0.1) is 0 Å². The largest absolute Gasteiger partial charge is 0.493 e. The summed E-state index contributed by atoms with van der Waals surface area (Å²) in [6, 6.07) is 9.84. The fraction of sp³-hybridized carbons (Fsp3) is 0.517. The highest BCUT2D eigenvalue weighted by molar-refractivity contribution is 5.90. The third-order valence-corrected chi connectivity index (χ3v) is 6.83. The molecule has 11 heteroatoms. The molecule has 2 aromatic carbocycles. The van der Waals surface area contributed by atoms with Gasteiger partial charge < -0.3 is 29.2 Å². The van der Waals surface area contributed by atoms with Crippen molar-refractivity contribution in [3.8, 4) is 17.2 Å². The van der Waals surface area contributed by atoms with Gasteiger partial charge in [-0.25, -0.2) is 4.68 Å². The molecular formula is C29H41N5O6. The quantitative estimate of drug-likeness (QED) is 0.282. The summed E-state index contributed by atoms with van der Waals surface area (Å²) in [5, 5.41) is 11.5. The number of nitrogens with one attached hydrogen (secondary N) is 1. The number of carbonyl (C=O) groups is 2. The van der Waals surface area contributed by atoms with Crippen LogP contribution in [0.25, 0.3) is 11.0 Å². The molecule has 0 aliphatic heterocycles. The first-order valence-corrected chi connectivity index (χ1v) is 13.5. The molecule has 0 saturated carbocycles. The van der Waals surface area contributed by atoms with Crippen molar-refractivity contribution in [2.24, 2.45) is 0 Å². The predicted molar refractivity (Wildman–Crippen MR) is 152 cm³/mol. The lowest BCUT2D eigenvalue weighted by atomic mass is 9.98. The third kappa shape index (κ3) is 7.20. The number of methoxy groups -OCH3 is 3. The van der Waals surface area contributed by atoms with E-state index in [1.54, 1.807) is 21.7 Å². The first-order valence-electron chi connectivity index (χ1n) is 13.5. The van der Waals surface area contributed by atoms with Crippen molar-refractivity contribution in [3.63, 3.8) is 0 Å². The molecule has 0 spiro atoms. The van der Waals surface area contributed by atoms with Gasteiger partial charge in [0.25, 0.3) is 0 Å². The van der Waals surface area contributed by atoms with Crippen LogP contribution in [0.2, 0.25) is 0 Å². The van der Waals surface area contributed by atoms with Gasteiger partial charge in [-0.05, 0) is 63.4 Å². The van der Waals surface area contributed by atoms with E-state index in [0.29, 0.717) is 54.4 Å². The van der Waals surface area contributed by atoms with E-state index in [4.69, 9.17) is 18.9 Å². The van der Waals surface area contributed by atoms with Gasteiger partial charge in [0.1, 0.15) is 18.1 Å². The Morgan fingerprint density at radius 1 is 1.05 bits per heavy atom. The van der Waals surface area contributed by atoms with E-state index in [0.717, 1.165) is 5.52 Å². The van der Waals surface area contributed by atoms with E-state index in [1.807, 2.05) is 52.0 Å². The summed E-state index contributed by atoms with van der Waals surface area (Å²) in [4.78, 5) is 29.6. The molecule has 218 valence electrons. The Morgan fingerprint density at radius 3 is 2.33 bits per heavy atom. The summed E-state index contributed by atoms with van der Waals surface area (Å²) >= 11 is 0. The zero-order valence-corrected chi connectivity index (χ0v) is 24.5. The molecule has 0 radical (unpaired) electrons. The van der Waals surface area contributed by atoms with Crippen LogP contribution in [0.1, 0.15) is 52.1 Å². The van der Waals surface area contributed by atoms with Crippen LogP contribution >= 0.6 is 0 Å². The fourth-order valence-electron chi connectivity index (χ4n) is 4.35. The lowest BCUT2D eigenvalue weighted by molar-refractivity contribution is -0.142. The summed E-state index contributed by atoms with van der Waals surface area (Å²) in [5.74, 6) is 0.538. The number of hydrogen-bond acceptors (Lipinski definition) is 8. The van der Waals surface area contributed by atoms with Gasteiger partial charge in [-0.3, -0.25) is 9.59 Å². The number of rotatable bonds is 15. The van der Waals surface area contributed by atoms with Gasteiger partial charge in [0, 0.05) is 25.3 Å². The summed E-state index contributed by atoms with van der Waals surface area (Å²) in [6.07, 6.45) is 1.23. The van der Waals surface area contributed by atoms with Gasteiger partial charge >= 0.3 is 0 Å². The molecule has 1 atom stereocenters. The minimum atomic E-state index is -0.997. The number of benzene rings is 2. The summed E-state index contributed by atoms with van der Waals surface area (Å²) in [6.45, 7) is 8.97. The molecule has 0 bridgehead atoms. The first-order chi connectivity index (χ1) is 19.2. The molecule has 3 aromatic rings. The van der Waals surface area contributed by atoms with Crippen molar-refractivity contribution in [2.75, 3.05) is 41.1 Å². The van der Waals surface area contributed by atoms with Crippen molar-refractivity contribution in [2.45, 2.75) is 58.7 Å². The maximum Gasteiger partial charge on any atom is 0.247 e. The molecule has 0 saturated heterocycles. The van der Waals surface area contributed by atoms with Gasteiger partial charge in [-0.2, -0.15) is 0 Å². The number of fused-ring (bicyclic) bond motifs is 1. The predicted octanol–water partition coefficient (Wildman–Crippen LogP) is 3.76. The zero-order valence-electron chi connectivity index (χ0n) is 24.5. The van der Waals surface area contributed by atoms with E-state index < -0.39 is 11.6 Å². The highest BCUT2D eigenvalue weighted by Crippen LogP contribution is 2.41. The molecule has 0 aliphatic carbocycles. The van der Waals surface area contributed by atoms with Crippen LogP contribution < -0.4 is 19.5 Å². The summed E-state index contributed by atoms with van der Waals surface area (Å²) < 4.78 is 23.7. The van der Waals surface area contributed by atoms with Crippen LogP contribution in [0.5, 0.6) is 17.2 Å². The highest BCUT2D eigenvalue weighted by atomic mass is 16.5. The minimum absolute atomic E-state index is 0.0967. The number of para-hydroxylation sites is 1. The maximum atomic E-state index is 14.0. The molecule has 40 heavy (non-hydrogen) atoms. The highest BCUT2D eigenvalue weighted by Gasteiger charge is 2.35. The average molecular weight is 556 g/mol. The molecule has 0 fully saturated rings. The molecular weight excluding hydrogens is 514 g/mol. The van der Waals surface area contributed by atoms with Crippen LogP contribution in [0.15, 0.2) is 36.4 Å². The molecule has 11 nitrogen and oxygen atoms in total. The smallest absolute Gasteiger partial charge is 0.247 e. The molecule has 1 unspecified atom stereocenters. The molecule has 0 aliphatic rings. The normalized spacial score (nSPS) is 12.2. The molecule has 3 rings (SSSR count). The van der Waals surface area contributed by atoms with Gasteiger partial charge in [-0.1, -0.05) is 24.3 Å². The Morgan fingerprint density at radius 2 is 1.73 bits per heavy atom. The van der Waals surface area contributed by atoms with Crippen LogP contribution in [-0.2, 0) is 20.9 Å². The Balaban J connectivity index is 2.11. The lowest BCUT2D eigenvalue weighted by Crippen LogP contribution is -2.51. The van der Waals surface area contributed by atoms with E-state index in [-0.39, 0.29) is 24.9 Å². The standard InChI is InChI=1S/C29H41N5O6/c1-8-29(3,4)30-28(36)26(20-17-23(37-5)27(39-7)24(18-20)38-6)33(15-12-16-40-9-2)25(35)19-34-22-14-11-10-13-21(22)31-32-34/h10-11,13-14,17-18,26H,8-9,12,15-16,19H2,1-7H3,(H,30,36). The number of hydrogen-bond donors (Lipinski definition) is 1. The third-order valence-electron chi connectivity index (χ3n) is 6.83. The Hall–Kier alpha value is -3.86. The summed E-state index contributed by atoms with van der Waals surface area (Å²) in [5.41, 5.74) is 1.43. The van der Waals surface area contributed by atoms with Gasteiger partial charge in [-0.15, -0.1) is 5.10 Å². The number of nitrogens with zero attached hydrogens (tertiary/aromatic N) is 4.